The molecule has 1 aromatic carbocycles. The third kappa shape index (κ3) is 4.28. The van der Waals surface area contributed by atoms with Gasteiger partial charge in [-0.15, -0.1) is 11.3 Å². The van der Waals surface area contributed by atoms with Crippen molar-refractivity contribution in [3.05, 3.63) is 40.9 Å². The Morgan fingerprint density at radius 1 is 1.27 bits per heavy atom. The number of fused-ring (bicyclic) bond motifs is 2. The number of benzene rings is 1. The van der Waals surface area contributed by atoms with Crippen LogP contribution in [0.5, 0.6) is 5.75 Å². The lowest BCUT2D eigenvalue weighted by atomic mass is 9.96. The molecule has 0 spiro atoms. The average molecular weight is 541 g/mol. The number of rotatable bonds is 4. The average Bonchev–Trinajstić information content (AvgIpc) is 3.42. The van der Waals surface area contributed by atoms with Gasteiger partial charge in [-0.1, -0.05) is 0 Å². The largest absolute Gasteiger partial charge is 0.489 e. The van der Waals surface area contributed by atoms with Crippen molar-refractivity contribution in [2.24, 2.45) is 0 Å². The summed E-state index contributed by atoms with van der Waals surface area (Å²) in [7, 11) is -3.53. The van der Waals surface area contributed by atoms with Gasteiger partial charge < -0.3 is 14.7 Å². The van der Waals surface area contributed by atoms with E-state index in [4.69, 9.17) is 4.74 Å². The molecule has 1 unspecified atom stereocenters. The van der Waals surface area contributed by atoms with Crippen LogP contribution in [0.2, 0.25) is 0 Å². The molecule has 196 valence electrons. The van der Waals surface area contributed by atoms with E-state index < -0.39 is 20.3 Å². The van der Waals surface area contributed by atoms with Crippen molar-refractivity contribution in [1.29, 1.82) is 5.26 Å². The number of nitriles is 1. The van der Waals surface area contributed by atoms with Gasteiger partial charge in [0.1, 0.15) is 12.4 Å². The van der Waals surface area contributed by atoms with Gasteiger partial charge in [-0.2, -0.15) is 9.57 Å². The van der Waals surface area contributed by atoms with Crippen molar-refractivity contribution in [3.8, 4) is 22.9 Å². The maximum atomic E-state index is 13.5. The third-order valence-electron chi connectivity index (χ3n) is 7.28. The lowest BCUT2D eigenvalue weighted by molar-refractivity contribution is 0.284. The molecule has 2 aliphatic heterocycles. The molecule has 0 bridgehead atoms. The Hall–Kier alpha value is -2.71. The first-order chi connectivity index (χ1) is 17.4. The summed E-state index contributed by atoms with van der Waals surface area (Å²) in [6.07, 6.45) is 2.40. The zero-order valence-electron chi connectivity index (χ0n) is 21.8. The summed E-state index contributed by atoms with van der Waals surface area (Å²) in [6.45, 7) is 10.6. The van der Waals surface area contributed by atoms with E-state index in [0.29, 0.717) is 37.4 Å². The maximum absolute atomic E-state index is 13.5. The number of hydrogen-bond acceptors (Lipinski definition) is 8. The van der Waals surface area contributed by atoms with Gasteiger partial charge in [0.05, 0.1) is 45.4 Å². The first-order valence-electron chi connectivity index (χ1n) is 12.4. The molecule has 0 aliphatic carbocycles. The van der Waals surface area contributed by atoms with Gasteiger partial charge >= 0.3 is 0 Å². The van der Waals surface area contributed by atoms with E-state index in [-0.39, 0.29) is 12.6 Å². The molecule has 4 heterocycles. The van der Waals surface area contributed by atoms with Crippen molar-refractivity contribution < 1.29 is 18.3 Å². The second kappa shape index (κ2) is 8.95. The molecule has 10 heteroatoms. The minimum Gasteiger partial charge on any atom is -0.489 e. The van der Waals surface area contributed by atoms with Crippen molar-refractivity contribution in [2.45, 2.75) is 64.0 Å². The number of aromatic nitrogens is 1. The highest BCUT2D eigenvalue weighted by atomic mass is 32.2. The molecule has 2 aliphatic rings. The van der Waals surface area contributed by atoms with Gasteiger partial charge in [-0.25, -0.2) is 8.42 Å². The first-order valence-corrected chi connectivity index (χ1v) is 14.6. The van der Waals surface area contributed by atoms with Gasteiger partial charge in [0.2, 0.25) is 10.0 Å². The summed E-state index contributed by atoms with van der Waals surface area (Å²) in [5.74, 6) is 0.624. The molecule has 0 radical (unpaired) electrons. The molecule has 0 saturated carbocycles. The predicted molar refractivity (Wildman–Crippen MR) is 146 cm³/mol. The van der Waals surface area contributed by atoms with Crippen LogP contribution < -0.4 is 9.64 Å². The number of thiophene rings is 1. The second-order valence-corrected chi connectivity index (χ2v) is 15.0. The highest BCUT2D eigenvalue weighted by Gasteiger charge is 2.51. The lowest BCUT2D eigenvalue weighted by Gasteiger charge is -2.38. The van der Waals surface area contributed by atoms with Crippen LogP contribution >= 0.6 is 11.3 Å². The fourth-order valence-electron chi connectivity index (χ4n) is 5.44. The van der Waals surface area contributed by atoms with Crippen molar-refractivity contribution in [3.63, 3.8) is 0 Å². The van der Waals surface area contributed by atoms with Crippen molar-refractivity contribution in [1.82, 2.24) is 9.29 Å². The number of pyridine rings is 1. The molecule has 2 aromatic heterocycles. The van der Waals surface area contributed by atoms with E-state index >= 15 is 0 Å². The van der Waals surface area contributed by atoms with Gasteiger partial charge in [0.15, 0.2) is 0 Å². The topological polar surface area (TPSA) is 107 Å². The molecule has 1 atom stereocenters. The molecule has 0 amide bonds. The minimum absolute atomic E-state index is 0.0601. The predicted octanol–water partition coefficient (Wildman–Crippen LogP) is 4.51. The van der Waals surface area contributed by atoms with Crippen LogP contribution in [0.15, 0.2) is 30.5 Å². The highest BCUT2D eigenvalue weighted by Crippen LogP contribution is 2.48. The smallest absolute Gasteiger partial charge is 0.219 e. The van der Waals surface area contributed by atoms with E-state index in [1.165, 1.54) is 11.3 Å². The standard InChI is InChI=1S/C27H32N4O4S2/c1-26(2,3)37(33,34)31-15-18(13-27(31,4)5)30-8-9-35-23-11-17(14-28)10-21(24(23)30)20-6-7-29-22-12-19(16-32)36-25(20)22/h6-7,10-12,18,32H,8-9,13,15-16H2,1-5H3. The number of ether oxygens (including phenoxy) is 1. The highest BCUT2D eigenvalue weighted by molar-refractivity contribution is 7.90. The molecular weight excluding hydrogens is 508 g/mol. The monoisotopic (exact) mass is 540 g/mol. The number of aliphatic hydroxyl groups excluding tert-OH is 1. The quantitative estimate of drug-likeness (QED) is 0.519. The summed E-state index contributed by atoms with van der Waals surface area (Å²) in [6, 6.07) is 9.64. The van der Waals surface area contributed by atoms with Gasteiger partial charge in [-0.05, 0) is 59.2 Å². The van der Waals surface area contributed by atoms with Crippen LogP contribution in [-0.2, 0) is 16.6 Å². The van der Waals surface area contributed by atoms with Gasteiger partial charge in [0.25, 0.3) is 0 Å². The van der Waals surface area contributed by atoms with Gasteiger partial charge in [-0.3, -0.25) is 4.98 Å². The summed E-state index contributed by atoms with van der Waals surface area (Å²) >= 11 is 1.48. The van der Waals surface area contributed by atoms with E-state index in [1.54, 1.807) is 37.3 Å². The Bertz CT molecular complexity index is 1520. The number of nitrogens with zero attached hydrogens (tertiary/aromatic N) is 4. The summed E-state index contributed by atoms with van der Waals surface area (Å²) in [5.41, 5.74) is 3.36. The molecule has 1 saturated heterocycles. The van der Waals surface area contributed by atoms with Crippen LogP contribution in [0, 0.1) is 11.3 Å². The first kappa shape index (κ1) is 25.9. The second-order valence-electron chi connectivity index (χ2n) is 11.3. The zero-order chi connectivity index (χ0) is 26.8. The normalized spacial score (nSPS) is 20.0. The Morgan fingerprint density at radius 2 is 2.03 bits per heavy atom. The number of hydrogen-bond donors (Lipinski definition) is 1. The molecule has 5 rings (SSSR count). The number of aliphatic hydroxyl groups is 1. The van der Waals surface area contributed by atoms with Crippen molar-refractivity contribution in [2.75, 3.05) is 24.6 Å². The molecule has 1 fully saturated rings. The summed E-state index contributed by atoms with van der Waals surface area (Å²) < 4.78 is 34.8. The molecule has 3 aromatic rings. The molecule has 37 heavy (non-hydrogen) atoms. The summed E-state index contributed by atoms with van der Waals surface area (Å²) in [5, 5.41) is 19.5. The van der Waals surface area contributed by atoms with Crippen LogP contribution in [0.1, 0.15) is 51.5 Å². The van der Waals surface area contributed by atoms with Crippen LogP contribution in [0.3, 0.4) is 0 Å². The van der Waals surface area contributed by atoms with Crippen molar-refractivity contribution >= 4 is 37.3 Å². The summed E-state index contributed by atoms with van der Waals surface area (Å²) in [4.78, 5) is 7.56. The Labute approximate surface area is 222 Å². The third-order valence-corrected chi connectivity index (χ3v) is 11.2. The SMILES string of the molecule is CC1(C)CC(N2CCOc3cc(C#N)cc(-c4ccnc5cc(CO)sc45)c32)CN1S(=O)(=O)C(C)(C)C. The van der Waals surface area contributed by atoms with E-state index in [1.807, 2.05) is 32.0 Å². The zero-order valence-corrected chi connectivity index (χ0v) is 23.4. The Kier molecular flexibility index (Phi) is 6.27. The Morgan fingerprint density at radius 3 is 2.70 bits per heavy atom. The lowest BCUT2D eigenvalue weighted by Crippen LogP contribution is -2.50. The number of anilines is 1. The van der Waals surface area contributed by atoms with E-state index in [2.05, 4.69) is 16.0 Å². The minimum atomic E-state index is -3.53. The number of sulfonamides is 1. The molecule has 8 nitrogen and oxygen atoms in total. The van der Waals surface area contributed by atoms with Crippen LogP contribution in [0.25, 0.3) is 21.3 Å². The maximum Gasteiger partial charge on any atom is 0.219 e. The molecule has 1 N–H and O–H groups in total. The fraction of sp³-hybridized carbons (Fsp3) is 0.481. The molecular formula is C27H32N4O4S2. The van der Waals surface area contributed by atoms with Crippen LogP contribution in [-0.4, -0.2) is 58.8 Å². The van der Waals surface area contributed by atoms with E-state index in [0.717, 1.165) is 31.9 Å². The van der Waals surface area contributed by atoms with Gasteiger partial charge in [0, 0.05) is 46.4 Å². The van der Waals surface area contributed by atoms with E-state index in [9.17, 15) is 18.8 Å². The fourth-order valence-corrected chi connectivity index (χ4v) is 8.19. The van der Waals surface area contributed by atoms with Crippen LogP contribution in [0.4, 0.5) is 5.69 Å². The Balaban J connectivity index is 1.66.